The van der Waals surface area contributed by atoms with E-state index in [0.29, 0.717) is 5.57 Å². The van der Waals surface area contributed by atoms with Crippen molar-refractivity contribution in [3.63, 3.8) is 0 Å². The van der Waals surface area contributed by atoms with Gasteiger partial charge in [-0.1, -0.05) is 65.0 Å². The monoisotopic (exact) mass is 632 g/mol. The van der Waals surface area contributed by atoms with Crippen LogP contribution in [0, 0.1) is 22.7 Å². The lowest BCUT2D eigenvalue weighted by atomic mass is 9.45. The standard InChI is InChI=1S/C25H26Cl4F2O8/c1-22-6-5-12(32)7-11(22)3-4-13-14-8-16(38-19(34)17(26)27)25(21(36)37-10-30,39-20(35)18(28)29)23(14,2)9-15(33)24(13,22)31/h5-7,13-18,33H,3-4,8-10H2,1-2H3/t13-,14-,15-,16+,22-,23-,24-,25-/m0/s1. The zero-order chi connectivity index (χ0) is 29.1. The molecule has 4 rings (SSSR count). The highest BCUT2D eigenvalue weighted by Crippen LogP contribution is 2.70. The van der Waals surface area contributed by atoms with Gasteiger partial charge in [0.15, 0.2) is 17.6 Å². The second kappa shape index (κ2) is 10.4. The minimum absolute atomic E-state index is 0.125. The Morgan fingerprint density at radius 2 is 1.77 bits per heavy atom. The minimum atomic E-state index is -2.60. The Morgan fingerprint density at radius 3 is 2.36 bits per heavy atom. The summed E-state index contributed by atoms with van der Waals surface area (Å²) in [6.45, 7) is 1.38. The molecule has 0 radical (unpaired) electrons. The van der Waals surface area contributed by atoms with Crippen LogP contribution < -0.4 is 0 Å². The van der Waals surface area contributed by atoms with Gasteiger partial charge in [-0.2, -0.15) is 0 Å². The lowest BCUT2D eigenvalue weighted by Crippen LogP contribution is -2.70. The Labute approximate surface area is 242 Å². The van der Waals surface area contributed by atoms with Crippen LogP contribution in [0.4, 0.5) is 8.78 Å². The maximum atomic E-state index is 17.4. The highest BCUT2D eigenvalue weighted by molar-refractivity contribution is 6.53. The predicted molar refractivity (Wildman–Crippen MR) is 135 cm³/mol. The van der Waals surface area contributed by atoms with Crippen LogP contribution >= 0.6 is 46.4 Å². The van der Waals surface area contributed by atoms with Gasteiger partial charge in [-0.15, -0.1) is 0 Å². The largest absolute Gasteiger partial charge is 0.455 e. The maximum absolute atomic E-state index is 17.4. The Bertz CT molecular complexity index is 1150. The summed E-state index contributed by atoms with van der Waals surface area (Å²) in [5.74, 6) is -6.21. The molecule has 0 aromatic carbocycles. The number of allylic oxidation sites excluding steroid dienone is 4. The Hall–Kier alpha value is -1.46. The predicted octanol–water partition coefficient (Wildman–Crippen LogP) is 4.24. The number of hydrogen-bond acceptors (Lipinski definition) is 8. The highest BCUT2D eigenvalue weighted by Gasteiger charge is 2.80. The van der Waals surface area contributed by atoms with Crippen LogP contribution in [0.25, 0.3) is 0 Å². The van der Waals surface area contributed by atoms with Crippen LogP contribution in [0.1, 0.15) is 39.5 Å². The summed E-state index contributed by atoms with van der Waals surface area (Å²) in [5.41, 5.74) is -7.50. The molecule has 14 heteroatoms. The molecule has 0 aromatic heterocycles. The first-order valence-electron chi connectivity index (χ1n) is 12.1. The third-order valence-corrected chi connectivity index (χ3v) is 9.88. The molecule has 3 saturated carbocycles. The van der Waals surface area contributed by atoms with Crippen LogP contribution in [0.15, 0.2) is 23.8 Å². The number of carbonyl (C=O) groups excluding carboxylic acids is 4. The molecule has 8 atom stereocenters. The zero-order valence-corrected chi connectivity index (χ0v) is 23.8. The second-order valence-corrected chi connectivity index (χ2v) is 12.9. The third kappa shape index (κ3) is 4.31. The van der Waals surface area contributed by atoms with E-state index in [1.807, 2.05) is 0 Å². The molecule has 0 bridgehead atoms. The number of ketones is 1. The van der Waals surface area contributed by atoms with Crippen molar-refractivity contribution in [1.29, 1.82) is 0 Å². The topological polar surface area (TPSA) is 116 Å². The summed E-state index contributed by atoms with van der Waals surface area (Å²) in [6, 6.07) is 0. The quantitative estimate of drug-likeness (QED) is 0.262. The van der Waals surface area contributed by atoms with Gasteiger partial charge < -0.3 is 19.3 Å². The number of halogens is 6. The number of fused-ring (bicyclic) bond motifs is 5. The number of ether oxygens (including phenoxy) is 3. The lowest BCUT2D eigenvalue weighted by Gasteiger charge is -2.62. The van der Waals surface area contributed by atoms with Crippen molar-refractivity contribution in [3.05, 3.63) is 23.8 Å². The van der Waals surface area contributed by atoms with Crippen molar-refractivity contribution in [3.8, 4) is 0 Å². The van der Waals surface area contributed by atoms with Crippen molar-refractivity contribution < 1.29 is 47.3 Å². The molecule has 4 aliphatic rings. The summed E-state index contributed by atoms with van der Waals surface area (Å²) in [7, 11) is 0. The molecule has 0 saturated heterocycles. The first-order valence-corrected chi connectivity index (χ1v) is 13.9. The summed E-state index contributed by atoms with van der Waals surface area (Å²) in [4.78, 5) is 47.3. The SMILES string of the molecule is C[C@]12C=CC(=O)C=C1CC[C@H]1[C@@H]3C[C@@H](OC(=O)C(Cl)Cl)[C@](OC(=O)C(Cl)Cl)(C(=O)OCF)[C@@]3(C)C[C@H](O)[C@@]12F. The molecule has 0 aromatic rings. The van der Waals surface area contributed by atoms with Gasteiger partial charge in [0.25, 0.3) is 5.60 Å². The molecule has 0 spiro atoms. The van der Waals surface area contributed by atoms with Crippen molar-refractivity contribution in [2.24, 2.45) is 22.7 Å². The molecule has 39 heavy (non-hydrogen) atoms. The lowest BCUT2D eigenvalue weighted by molar-refractivity contribution is -0.242. The molecule has 216 valence electrons. The van der Waals surface area contributed by atoms with Gasteiger partial charge in [0.2, 0.25) is 16.5 Å². The van der Waals surface area contributed by atoms with E-state index in [1.165, 1.54) is 25.2 Å². The normalized spacial score (nSPS) is 40.9. The first kappa shape index (κ1) is 30.5. The first-order chi connectivity index (χ1) is 18.1. The highest BCUT2D eigenvalue weighted by atomic mass is 35.5. The molecular weight excluding hydrogens is 608 g/mol. The van der Waals surface area contributed by atoms with E-state index >= 15 is 4.39 Å². The van der Waals surface area contributed by atoms with E-state index in [9.17, 15) is 28.7 Å². The number of alkyl halides is 6. The molecule has 3 fully saturated rings. The fraction of sp³-hybridized carbons (Fsp3) is 0.680. The van der Waals surface area contributed by atoms with Crippen molar-refractivity contribution in [1.82, 2.24) is 0 Å². The summed E-state index contributed by atoms with van der Waals surface area (Å²) in [5, 5.41) is 11.5. The zero-order valence-electron chi connectivity index (χ0n) is 20.8. The summed E-state index contributed by atoms with van der Waals surface area (Å²) >= 11 is 22.8. The van der Waals surface area contributed by atoms with Gasteiger partial charge in [0, 0.05) is 16.7 Å². The molecule has 0 amide bonds. The summed E-state index contributed by atoms with van der Waals surface area (Å²) < 4.78 is 46.4. The number of carbonyl (C=O) groups is 4. The van der Waals surface area contributed by atoms with E-state index in [-0.39, 0.29) is 25.0 Å². The third-order valence-electron chi connectivity index (χ3n) is 9.17. The van der Waals surface area contributed by atoms with E-state index < -0.39 is 87.0 Å². The average molecular weight is 634 g/mol. The molecular formula is C25H26Cl4F2O8. The number of aliphatic hydroxyl groups excluding tert-OH is 1. The molecule has 0 heterocycles. The van der Waals surface area contributed by atoms with Crippen molar-refractivity contribution >= 4 is 70.1 Å². The van der Waals surface area contributed by atoms with Crippen LogP contribution in [-0.4, -0.2) is 68.8 Å². The molecule has 0 unspecified atom stereocenters. The fourth-order valence-electron chi connectivity index (χ4n) is 7.46. The Balaban J connectivity index is 1.90. The number of hydrogen-bond donors (Lipinski definition) is 1. The summed E-state index contributed by atoms with van der Waals surface area (Å²) in [6.07, 6.45) is 0.175. The Kier molecular flexibility index (Phi) is 8.15. The van der Waals surface area contributed by atoms with Gasteiger partial charge in [0.05, 0.1) is 6.10 Å². The van der Waals surface area contributed by atoms with Gasteiger partial charge in [-0.25, -0.2) is 23.2 Å². The number of rotatable bonds is 6. The molecule has 8 nitrogen and oxygen atoms in total. The van der Waals surface area contributed by atoms with Crippen LogP contribution in [0.2, 0.25) is 0 Å². The molecule has 4 aliphatic carbocycles. The molecule has 0 aliphatic heterocycles. The van der Waals surface area contributed by atoms with Crippen LogP contribution in [0.3, 0.4) is 0 Å². The number of esters is 3. The second-order valence-electron chi connectivity index (χ2n) is 10.7. The van der Waals surface area contributed by atoms with E-state index in [0.717, 1.165) is 0 Å². The van der Waals surface area contributed by atoms with E-state index in [1.54, 1.807) is 6.92 Å². The van der Waals surface area contributed by atoms with Gasteiger partial charge in [-0.05, 0) is 50.7 Å². The minimum Gasteiger partial charge on any atom is -0.455 e. The number of aliphatic hydroxyl groups is 1. The fourth-order valence-corrected chi connectivity index (χ4v) is 7.65. The van der Waals surface area contributed by atoms with Crippen molar-refractivity contribution in [2.75, 3.05) is 6.86 Å². The molecule has 1 N–H and O–H groups in total. The van der Waals surface area contributed by atoms with Gasteiger partial charge >= 0.3 is 17.9 Å². The van der Waals surface area contributed by atoms with Crippen molar-refractivity contribution in [2.45, 2.75) is 72.7 Å². The Morgan fingerprint density at radius 1 is 1.13 bits per heavy atom. The van der Waals surface area contributed by atoms with Crippen LogP contribution in [-0.2, 0) is 33.4 Å². The maximum Gasteiger partial charge on any atom is 0.357 e. The van der Waals surface area contributed by atoms with Gasteiger partial charge in [0.1, 0.15) is 0 Å². The van der Waals surface area contributed by atoms with E-state index in [4.69, 9.17) is 55.9 Å². The van der Waals surface area contributed by atoms with Gasteiger partial charge in [-0.3, -0.25) is 4.79 Å². The smallest absolute Gasteiger partial charge is 0.357 e. The van der Waals surface area contributed by atoms with Crippen LogP contribution in [0.5, 0.6) is 0 Å². The average Bonchev–Trinajstić information content (AvgIpc) is 3.08. The van der Waals surface area contributed by atoms with E-state index in [2.05, 4.69) is 4.74 Å².